The normalized spacial score (nSPS) is 17.9. The second-order valence-corrected chi connectivity index (χ2v) is 9.14. The van der Waals surface area contributed by atoms with Crippen LogP contribution in [0.1, 0.15) is 18.9 Å². The first kappa shape index (κ1) is 19.4. The Morgan fingerprint density at radius 3 is 2.19 bits per heavy atom. The molecule has 0 saturated carbocycles. The molecule has 0 aliphatic carbocycles. The maximum atomic E-state index is 12.8. The summed E-state index contributed by atoms with van der Waals surface area (Å²) in [4.78, 5) is 2.70. The molecule has 1 aliphatic heterocycles. The van der Waals surface area contributed by atoms with Crippen molar-refractivity contribution in [2.45, 2.75) is 30.7 Å². The molecule has 0 amide bonds. The Bertz CT molecular complexity index is 801. The maximum absolute atomic E-state index is 12.8. The van der Waals surface area contributed by atoms with Gasteiger partial charge in [0, 0.05) is 37.2 Å². The van der Waals surface area contributed by atoms with E-state index in [9.17, 15) is 8.42 Å². The average molecular weight is 393 g/mol. The molecule has 2 aromatic rings. The Morgan fingerprint density at radius 2 is 1.58 bits per heavy atom. The van der Waals surface area contributed by atoms with Crippen LogP contribution in [0, 0.1) is 0 Å². The number of piperazine rings is 1. The third-order valence-electron chi connectivity index (χ3n) is 5.04. The topological polar surface area (TPSA) is 40.6 Å². The number of benzene rings is 2. The molecule has 26 heavy (non-hydrogen) atoms. The summed E-state index contributed by atoms with van der Waals surface area (Å²) < 4.78 is 27.1. The van der Waals surface area contributed by atoms with Gasteiger partial charge < -0.3 is 0 Å². The Labute approximate surface area is 161 Å². The summed E-state index contributed by atoms with van der Waals surface area (Å²) in [6.45, 7) is 4.82. The van der Waals surface area contributed by atoms with Gasteiger partial charge in [0.15, 0.2) is 0 Å². The molecule has 6 heteroatoms. The van der Waals surface area contributed by atoms with Gasteiger partial charge in [-0.1, -0.05) is 41.9 Å². The monoisotopic (exact) mass is 392 g/mol. The number of nitrogens with zero attached hydrogens (tertiary/aromatic N) is 2. The van der Waals surface area contributed by atoms with Crippen molar-refractivity contribution in [2.75, 3.05) is 26.2 Å². The standard InChI is InChI=1S/C20H25ClN2O2S/c1-17(7-8-18-5-3-2-4-6-18)22-13-15-23(16-14-22)26(24,25)20-11-9-19(21)10-12-20/h2-6,9-12,17H,7-8,13-16H2,1H3/t17-/m1/s1. The van der Waals surface area contributed by atoms with Gasteiger partial charge in [-0.2, -0.15) is 4.31 Å². The minimum Gasteiger partial charge on any atom is -0.298 e. The van der Waals surface area contributed by atoms with E-state index < -0.39 is 10.0 Å². The summed E-state index contributed by atoms with van der Waals surface area (Å²) in [5.74, 6) is 0. The molecule has 1 atom stereocenters. The molecule has 1 aliphatic rings. The van der Waals surface area contributed by atoms with Crippen molar-refractivity contribution < 1.29 is 8.42 Å². The lowest BCUT2D eigenvalue weighted by Gasteiger charge is -2.37. The van der Waals surface area contributed by atoms with Gasteiger partial charge in [-0.3, -0.25) is 4.90 Å². The Hall–Kier alpha value is -1.40. The van der Waals surface area contributed by atoms with E-state index in [1.807, 2.05) is 6.07 Å². The summed E-state index contributed by atoms with van der Waals surface area (Å²) in [6.07, 6.45) is 2.12. The van der Waals surface area contributed by atoms with E-state index in [1.165, 1.54) is 5.56 Å². The zero-order chi connectivity index (χ0) is 18.6. The van der Waals surface area contributed by atoms with Crippen LogP contribution in [0.4, 0.5) is 0 Å². The summed E-state index contributed by atoms with van der Waals surface area (Å²) in [7, 11) is -3.44. The number of sulfonamides is 1. The predicted molar refractivity (Wildman–Crippen MR) is 106 cm³/mol. The lowest BCUT2D eigenvalue weighted by Crippen LogP contribution is -2.51. The smallest absolute Gasteiger partial charge is 0.243 e. The Balaban J connectivity index is 1.54. The van der Waals surface area contributed by atoms with Crippen molar-refractivity contribution in [3.63, 3.8) is 0 Å². The minimum absolute atomic E-state index is 0.312. The average Bonchev–Trinajstić information content (AvgIpc) is 2.67. The first-order valence-electron chi connectivity index (χ1n) is 9.00. The van der Waals surface area contributed by atoms with E-state index in [-0.39, 0.29) is 0 Å². The van der Waals surface area contributed by atoms with E-state index >= 15 is 0 Å². The first-order chi connectivity index (χ1) is 12.5. The van der Waals surface area contributed by atoms with Gasteiger partial charge in [0.05, 0.1) is 4.90 Å². The van der Waals surface area contributed by atoms with Crippen LogP contribution in [-0.4, -0.2) is 49.8 Å². The molecule has 4 nitrogen and oxygen atoms in total. The maximum Gasteiger partial charge on any atom is 0.243 e. The third kappa shape index (κ3) is 4.65. The second-order valence-electron chi connectivity index (χ2n) is 6.77. The van der Waals surface area contributed by atoms with Gasteiger partial charge in [0.2, 0.25) is 10.0 Å². The molecule has 140 valence electrons. The van der Waals surface area contributed by atoms with Crippen LogP contribution < -0.4 is 0 Å². The van der Waals surface area contributed by atoms with Crippen molar-refractivity contribution in [2.24, 2.45) is 0 Å². The van der Waals surface area contributed by atoms with E-state index in [1.54, 1.807) is 28.6 Å². The van der Waals surface area contributed by atoms with Gasteiger partial charge in [-0.05, 0) is 49.6 Å². The molecule has 1 fully saturated rings. The molecule has 2 aromatic carbocycles. The lowest BCUT2D eigenvalue weighted by atomic mass is 10.0. The van der Waals surface area contributed by atoms with Crippen molar-refractivity contribution >= 4 is 21.6 Å². The molecule has 3 rings (SSSR count). The molecule has 0 unspecified atom stereocenters. The van der Waals surface area contributed by atoms with Gasteiger partial charge in [0.1, 0.15) is 0 Å². The highest BCUT2D eigenvalue weighted by Crippen LogP contribution is 2.21. The number of aryl methyl sites for hydroxylation is 1. The van der Waals surface area contributed by atoms with Gasteiger partial charge >= 0.3 is 0 Å². The molecule has 0 spiro atoms. The van der Waals surface area contributed by atoms with Crippen molar-refractivity contribution in [1.82, 2.24) is 9.21 Å². The first-order valence-corrected chi connectivity index (χ1v) is 10.8. The second kappa shape index (κ2) is 8.53. The summed E-state index contributed by atoms with van der Waals surface area (Å²) >= 11 is 5.86. The van der Waals surface area contributed by atoms with E-state index in [4.69, 9.17) is 11.6 Å². The lowest BCUT2D eigenvalue weighted by molar-refractivity contribution is 0.140. The van der Waals surface area contributed by atoms with Crippen LogP contribution in [0.3, 0.4) is 0 Å². The van der Waals surface area contributed by atoms with Crippen LogP contribution in [0.2, 0.25) is 5.02 Å². The van der Waals surface area contributed by atoms with Crippen LogP contribution in [-0.2, 0) is 16.4 Å². The van der Waals surface area contributed by atoms with Crippen molar-refractivity contribution in [1.29, 1.82) is 0 Å². The molecular weight excluding hydrogens is 368 g/mol. The predicted octanol–water partition coefficient (Wildman–Crippen LogP) is 3.67. The highest BCUT2D eigenvalue weighted by Gasteiger charge is 2.29. The van der Waals surface area contributed by atoms with Crippen LogP contribution in [0.5, 0.6) is 0 Å². The fourth-order valence-corrected chi connectivity index (χ4v) is 4.89. The molecule has 1 heterocycles. The molecule has 0 bridgehead atoms. The molecule has 1 saturated heterocycles. The number of halogens is 1. The SMILES string of the molecule is C[C@H](CCc1ccccc1)N1CCN(S(=O)(=O)c2ccc(Cl)cc2)CC1. The molecular formula is C20H25ClN2O2S. The number of hydrogen-bond donors (Lipinski definition) is 0. The highest BCUT2D eigenvalue weighted by atomic mass is 35.5. The minimum atomic E-state index is -3.44. The van der Waals surface area contributed by atoms with E-state index in [2.05, 4.69) is 36.1 Å². The van der Waals surface area contributed by atoms with Gasteiger partial charge in [-0.15, -0.1) is 0 Å². The Kier molecular flexibility index (Phi) is 6.35. The van der Waals surface area contributed by atoms with E-state index in [0.29, 0.717) is 29.0 Å². The van der Waals surface area contributed by atoms with Crippen LogP contribution >= 0.6 is 11.6 Å². The quantitative estimate of drug-likeness (QED) is 0.753. The third-order valence-corrected chi connectivity index (χ3v) is 7.21. The largest absolute Gasteiger partial charge is 0.298 e. The number of rotatable bonds is 6. The number of hydrogen-bond acceptors (Lipinski definition) is 3. The molecule has 0 radical (unpaired) electrons. The van der Waals surface area contributed by atoms with Crippen LogP contribution in [0.15, 0.2) is 59.5 Å². The molecule has 0 N–H and O–H groups in total. The zero-order valence-electron chi connectivity index (χ0n) is 15.0. The molecule has 0 aromatic heterocycles. The van der Waals surface area contributed by atoms with Gasteiger partial charge in [-0.25, -0.2) is 8.42 Å². The van der Waals surface area contributed by atoms with Crippen molar-refractivity contribution in [3.05, 3.63) is 65.2 Å². The Morgan fingerprint density at radius 1 is 0.962 bits per heavy atom. The summed E-state index contributed by atoms with van der Waals surface area (Å²) in [5, 5.41) is 0.543. The van der Waals surface area contributed by atoms with Gasteiger partial charge in [0.25, 0.3) is 0 Å². The fourth-order valence-electron chi connectivity index (χ4n) is 3.34. The van der Waals surface area contributed by atoms with Crippen LogP contribution in [0.25, 0.3) is 0 Å². The van der Waals surface area contributed by atoms with Crippen molar-refractivity contribution in [3.8, 4) is 0 Å². The summed E-state index contributed by atoms with van der Waals surface area (Å²) in [6, 6.07) is 17.3. The summed E-state index contributed by atoms with van der Waals surface area (Å²) in [5.41, 5.74) is 1.35. The fraction of sp³-hybridized carbons (Fsp3) is 0.400. The highest BCUT2D eigenvalue weighted by molar-refractivity contribution is 7.89. The van der Waals surface area contributed by atoms with E-state index in [0.717, 1.165) is 25.9 Å². The zero-order valence-corrected chi connectivity index (χ0v) is 16.6.